The van der Waals surface area contributed by atoms with Gasteiger partial charge >= 0.3 is 0 Å². The van der Waals surface area contributed by atoms with Crippen LogP contribution in [0, 0.1) is 0 Å². The Hall–Kier alpha value is -3.99. The number of phenols is 1. The van der Waals surface area contributed by atoms with Crippen molar-refractivity contribution in [1.82, 2.24) is 0 Å². The van der Waals surface area contributed by atoms with Crippen LogP contribution in [0.15, 0.2) is 77.2 Å². The van der Waals surface area contributed by atoms with Crippen LogP contribution in [-0.2, 0) is 0 Å². The van der Waals surface area contributed by atoms with Gasteiger partial charge in [-0.3, -0.25) is 4.79 Å². The quantitative estimate of drug-likeness (QED) is 0.419. The third kappa shape index (κ3) is 2.84. The molecule has 1 heterocycles. The fourth-order valence-corrected chi connectivity index (χ4v) is 3.62. The number of anilines is 1. The summed E-state index contributed by atoms with van der Waals surface area (Å²) in [4.78, 5) is 12.9. The Morgan fingerprint density at radius 1 is 0.897 bits per heavy atom. The number of aromatic hydroxyl groups is 1. The summed E-state index contributed by atoms with van der Waals surface area (Å²) in [5.74, 6) is -0.0149. The molecule has 5 heteroatoms. The van der Waals surface area contributed by atoms with E-state index < -0.39 is 5.91 Å². The smallest absolute Gasteiger partial charge is 0.259 e. The molecule has 0 aliphatic carbocycles. The molecule has 0 saturated carbocycles. The Morgan fingerprint density at radius 2 is 1.62 bits per heavy atom. The molecule has 29 heavy (non-hydrogen) atoms. The predicted octanol–water partition coefficient (Wildman–Crippen LogP) is 5.71. The predicted molar refractivity (Wildman–Crippen MR) is 114 cm³/mol. The van der Waals surface area contributed by atoms with E-state index >= 15 is 0 Å². The number of rotatable bonds is 3. The molecule has 0 saturated heterocycles. The number of phenolic OH excluding ortho intramolecular Hbond substituents is 1. The van der Waals surface area contributed by atoms with Crippen LogP contribution in [0.2, 0.25) is 0 Å². The van der Waals surface area contributed by atoms with Gasteiger partial charge in [0.1, 0.15) is 22.7 Å². The fourth-order valence-electron chi connectivity index (χ4n) is 3.62. The summed E-state index contributed by atoms with van der Waals surface area (Å²) in [6.45, 7) is 0. The van der Waals surface area contributed by atoms with Gasteiger partial charge in [-0.25, -0.2) is 0 Å². The Balaban J connectivity index is 1.59. The number of amides is 1. The number of carbonyl (C=O) groups is 1. The standard InChI is InChI=1S/C24H17NO4/c1-28-23-13-22-17(16-8-4-5-9-21(16)29-22)12-19(23)25-24(27)18-10-14-6-2-3-7-15(14)11-20(18)26/h2-13,26H,1H3,(H,25,27). The number of furan rings is 1. The molecule has 5 aromatic rings. The molecular formula is C24H17NO4. The average Bonchev–Trinajstić information content (AvgIpc) is 3.10. The van der Waals surface area contributed by atoms with Gasteiger partial charge < -0.3 is 19.6 Å². The van der Waals surface area contributed by atoms with Crippen molar-refractivity contribution in [3.8, 4) is 11.5 Å². The topological polar surface area (TPSA) is 71.7 Å². The van der Waals surface area contributed by atoms with Crippen LogP contribution in [0.3, 0.4) is 0 Å². The Kier molecular flexibility index (Phi) is 3.88. The Labute approximate surface area is 166 Å². The molecule has 1 aromatic heterocycles. The van der Waals surface area contributed by atoms with Crippen molar-refractivity contribution in [2.45, 2.75) is 0 Å². The van der Waals surface area contributed by atoms with Crippen molar-refractivity contribution >= 4 is 44.3 Å². The number of nitrogens with one attached hydrogen (secondary N) is 1. The first kappa shape index (κ1) is 17.1. The maximum Gasteiger partial charge on any atom is 0.259 e. The summed E-state index contributed by atoms with van der Waals surface area (Å²) < 4.78 is 11.3. The number of carbonyl (C=O) groups excluding carboxylic acids is 1. The molecule has 5 rings (SSSR count). The van der Waals surface area contributed by atoms with E-state index in [1.54, 1.807) is 18.2 Å². The molecule has 0 spiro atoms. The summed E-state index contributed by atoms with van der Waals surface area (Å²) in [6, 6.07) is 22.1. The number of methoxy groups -OCH3 is 1. The second-order valence-electron chi connectivity index (χ2n) is 6.82. The number of ether oxygens (including phenoxy) is 1. The summed E-state index contributed by atoms with van der Waals surface area (Å²) in [7, 11) is 1.53. The van der Waals surface area contributed by atoms with E-state index in [9.17, 15) is 9.90 Å². The molecular weight excluding hydrogens is 366 g/mol. The van der Waals surface area contributed by atoms with E-state index in [0.717, 1.165) is 27.1 Å². The van der Waals surface area contributed by atoms with Gasteiger partial charge in [-0.2, -0.15) is 0 Å². The second kappa shape index (κ2) is 6.56. The third-order valence-corrected chi connectivity index (χ3v) is 5.06. The number of benzene rings is 4. The molecule has 0 radical (unpaired) electrons. The van der Waals surface area contributed by atoms with Crippen LogP contribution in [0.5, 0.6) is 11.5 Å². The Morgan fingerprint density at radius 3 is 2.41 bits per heavy atom. The van der Waals surface area contributed by atoms with Crippen LogP contribution in [0.4, 0.5) is 5.69 Å². The molecule has 0 unspecified atom stereocenters. The van der Waals surface area contributed by atoms with Crippen LogP contribution in [0.1, 0.15) is 10.4 Å². The van der Waals surface area contributed by atoms with Crippen molar-refractivity contribution < 1.29 is 19.1 Å². The van der Waals surface area contributed by atoms with Crippen molar-refractivity contribution in [3.05, 3.63) is 78.4 Å². The minimum atomic E-state index is -0.418. The van der Waals surface area contributed by atoms with E-state index in [2.05, 4.69) is 5.32 Å². The summed E-state index contributed by atoms with van der Waals surface area (Å²) >= 11 is 0. The van der Waals surface area contributed by atoms with Crippen molar-refractivity contribution in [2.75, 3.05) is 12.4 Å². The SMILES string of the molecule is COc1cc2oc3ccccc3c2cc1NC(=O)c1cc2ccccc2cc1O. The van der Waals surface area contributed by atoms with Crippen molar-refractivity contribution in [2.24, 2.45) is 0 Å². The van der Waals surface area contributed by atoms with E-state index in [0.29, 0.717) is 17.0 Å². The monoisotopic (exact) mass is 383 g/mol. The van der Waals surface area contributed by atoms with Crippen molar-refractivity contribution in [1.29, 1.82) is 0 Å². The molecule has 5 nitrogen and oxygen atoms in total. The maximum absolute atomic E-state index is 12.9. The van der Waals surface area contributed by atoms with E-state index in [4.69, 9.17) is 9.15 Å². The van der Waals surface area contributed by atoms with Crippen LogP contribution in [0.25, 0.3) is 32.7 Å². The highest BCUT2D eigenvalue weighted by molar-refractivity contribution is 6.12. The first-order valence-corrected chi connectivity index (χ1v) is 9.16. The molecule has 0 aliphatic rings. The highest BCUT2D eigenvalue weighted by atomic mass is 16.5. The van der Waals surface area contributed by atoms with Gasteiger partial charge in [-0.15, -0.1) is 0 Å². The van der Waals surface area contributed by atoms with Gasteiger partial charge in [0.25, 0.3) is 5.91 Å². The van der Waals surface area contributed by atoms with Gasteiger partial charge in [-0.05, 0) is 35.0 Å². The lowest BCUT2D eigenvalue weighted by Gasteiger charge is -2.12. The number of hydrogen-bond donors (Lipinski definition) is 2. The normalized spacial score (nSPS) is 11.2. The Bertz CT molecular complexity index is 1400. The summed E-state index contributed by atoms with van der Waals surface area (Å²) in [5.41, 5.74) is 2.14. The molecule has 2 N–H and O–H groups in total. The third-order valence-electron chi connectivity index (χ3n) is 5.06. The molecule has 142 valence electrons. The lowest BCUT2D eigenvalue weighted by atomic mass is 10.1. The van der Waals surface area contributed by atoms with Gasteiger partial charge in [-0.1, -0.05) is 42.5 Å². The minimum Gasteiger partial charge on any atom is -0.507 e. The zero-order valence-corrected chi connectivity index (χ0v) is 15.6. The minimum absolute atomic E-state index is 0.0741. The van der Waals surface area contributed by atoms with Gasteiger partial charge in [0.15, 0.2) is 0 Å². The van der Waals surface area contributed by atoms with E-state index in [1.165, 1.54) is 7.11 Å². The average molecular weight is 383 g/mol. The maximum atomic E-state index is 12.9. The van der Waals surface area contributed by atoms with Gasteiger partial charge in [0.2, 0.25) is 0 Å². The van der Waals surface area contributed by atoms with Crippen LogP contribution < -0.4 is 10.1 Å². The largest absolute Gasteiger partial charge is 0.507 e. The van der Waals surface area contributed by atoms with E-state index in [1.807, 2.05) is 54.6 Å². The van der Waals surface area contributed by atoms with E-state index in [-0.39, 0.29) is 11.3 Å². The lowest BCUT2D eigenvalue weighted by molar-refractivity contribution is 0.102. The number of hydrogen-bond acceptors (Lipinski definition) is 4. The summed E-state index contributed by atoms with van der Waals surface area (Å²) in [6.07, 6.45) is 0. The molecule has 0 fully saturated rings. The molecule has 0 aliphatic heterocycles. The van der Waals surface area contributed by atoms with Crippen LogP contribution >= 0.6 is 0 Å². The van der Waals surface area contributed by atoms with Crippen molar-refractivity contribution in [3.63, 3.8) is 0 Å². The number of para-hydroxylation sites is 1. The highest BCUT2D eigenvalue weighted by Gasteiger charge is 2.17. The zero-order chi connectivity index (χ0) is 20.0. The first-order chi connectivity index (χ1) is 14.1. The molecule has 0 bridgehead atoms. The van der Waals surface area contributed by atoms with Gasteiger partial charge in [0, 0.05) is 16.8 Å². The zero-order valence-electron chi connectivity index (χ0n) is 15.6. The second-order valence-corrected chi connectivity index (χ2v) is 6.82. The van der Waals surface area contributed by atoms with Gasteiger partial charge in [0.05, 0.1) is 18.4 Å². The van der Waals surface area contributed by atoms with Crippen LogP contribution in [-0.4, -0.2) is 18.1 Å². The number of fused-ring (bicyclic) bond motifs is 4. The summed E-state index contributed by atoms with van der Waals surface area (Å²) in [5, 5.41) is 16.8. The first-order valence-electron chi connectivity index (χ1n) is 9.16. The molecule has 1 amide bonds. The fraction of sp³-hybridized carbons (Fsp3) is 0.0417. The highest BCUT2D eigenvalue weighted by Crippen LogP contribution is 2.37. The lowest BCUT2D eigenvalue weighted by Crippen LogP contribution is -2.13. The molecule has 0 atom stereocenters. The molecule has 4 aromatic carbocycles.